The predicted octanol–water partition coefficient (Wildman–Crippen LogP) is 10.5. The van der Waals surface area contributed by atoms with E-state index in [-0.39, 0.29) is 44.6 Å². The highest BCUT2D eigenvalue weighted by atomic mass is 16.2. The number of Topliss-reactive ketones (excluding diaryl/α,β-unsaturated/α-hetero) is 1. The lowest BCUT2D eigenvalue weighted by atomic mass is 9.33. The van der Waals surface area contributed by atoms with Gasteiger partial charge in [-0.25, -0.2) is 4.79 Å². The lowest BCUT2D eigenvalue weighted by molar-refractivity contribution is -0.218. The molecular formula is C46H69N3O2. The average molecular weight is 696 g/mol. The number of urea groups is 1. The minimum atomic E-state index is -0.143. The molecule has 51 heavy (non-hydrogen) atoms. The maximum absolute atomic E-state index is 14.0. The Balaban J connectivity index is 1.16. The Kier molecular flexibility index (Phi) is 9.12. The molecule has 9 unspecified atom stereocenters. The largest absolute Gasteiger partial charge is 0.332 e. The van der Waals surface area contributed by atoms with E-state index in [1.54, 1.807) is 6.92 Å². The van der Waals surface area contributed by atoms with Crippen LogP contribution in [0.5, 0.6) is 0 Å². The molecular weight excluding hydrogens is 627 g/mol. The van der Waals surface area contributed by atoms with Gasteiger partial charge in [0.05, 0.1) is 5.54 Å². The molecule has 0 aliphatic heterocycles. The van der Waals surface area contributed by atoms with E-state index in [2.05, 4.69) is 95.7 Å². The van der Waals surface area contributed by atoms with E-state index in [1.165, 1.54) is 48.8 Å². The summed E-state index contributed by atoms with van der Waals surface area (Å²) in [4.78, 5) is 28.5. The average Bonchev–Trinajstić information content (AvgIpc) is 3.71. The minimum absolute atomic E-state index is 0.0580. The number of nitrogens with zero attached hydrogens (tertiary/aromatic N) is 1. The van der Waals surface area contributed by atoms with E-state index < -0.39 is 0 Å². The number of carbonyl (C=O) groups excluding carboxylic acids is 2. The Hall–Kier alpha value is -2.40. The molecule has 1 aromatic rings. The van der Waals surface area contributed by atoms with Crippen LogP contribution in [0.15, 0.2) is 42.5 Å². The summed E-state index contributed by atoms with van der Waals surface area (Å²) in [5, 5.41) is 7.31. The van der Waals surface area contributed by atoms with E-state index in [9.17, 15) is 9.59 Å². The topological polar surface area (TPSA) is 61.4 Å². The lowest BCUT2D eigenvalue weighted by Crippen LogP contribution is -2.69. The van der Waals surface area contributed by atoms with Crippen LogP contribution in [0.3, 0.4) is 0 Å². The van der Waals surface area contributed by atoms with Crippen LogP contribution in [0, 0.1) is 51.2 Å². The molecule has 5 saturated carbocycles. The normalized spacial score (nSPS) is 40.2. The van der Waals surface area contributed by atoms with Crippen LogP contribution in [0.25, 0.3) is 5.57 Å². The van der Waals surface area contributed by atoms with Gasteiger partial charge in [-0.1, -0.05) is 91.0 Å². The van der Waals surface area contributed by atoms with Crippen molar-refractivity contribution in [1.29, 1.82) is 0 Å². The van der Waals surface area contributed by atoms with Crippen LogP contribution in [0.4, 0.5) is 4.79 Å². The Morgan fingerprint density at radius 3 is 2.10 bits per heavy atom. The number of ketones is 1. The van der Waals surface area contributed by atoms with Crippen LogP contribution in [-0.4, -0.2) is 47.4 Å². The molecule has 0 radical (unpaired) electrons. The van der Waals surface area contributed by atoms with Gasteiger partial charge in [-0.3, -0.25) is 4.79 Å². The van der Waals surface area contributed by atoms with Crippen molar-refractivity contribution in [3.63, 3.8) is 0 Å². The Morgan fingerprint density at radius 2 is 1.49 bits per heavy atom. The molecule has 0 spiro atoms. The zero-order chi connectivity index (χ0) is 36.8. The standard InChI is InChI=1S/C46H69N3O2/c1-11-49(12-2)29-45(26-27-45)47-40(51)48-46-24-19-34(30(3)4)39(46)36-17-18-38-42(8)22-20-35(33-15-13-32(14-16-33)31(5)50)41(6,7)37(42)21-23-44(38,10)43(36,9)25-28-46/h13-16,20,34,36-39H,3,11-12,17-19,21-29H2,1-2,4-10H3,(H2,47,48,51). The molecule has 7 rings (SSSR count). The molecule has 0 saturated heterocycles. The summed E-state index contributed by atoms with van der Waals surface area (Å²) >= 11 is 0. The molecule has 0 aromatic heterocycles. The van der Waals surface area contributed by atoms with Gasteiger partial charge in [0.2, 0.25) is 0 Å². The van der Waals surface area contributed by atoms with Crippen molar-refractivity contribution in [3.05, 3.63) is 53.6 Å². The van der Waals surface area contributed by atoms with Gasteiger partial charge in [0, 0.05) is 17.6 Å². The fourth-order valence-electron chi connectivity index (χ4n) is 14.2. The molecule has 5 nitrogen and oxygen atoms in total. The van der Waals surface area contributed by atoms with Gasteiger partial charge in [-0.05, 0) is 160 Å². The quantitative estimate of drug-likeness (QED) is 0.200. The molecule has 5 heteroatoms. The van der Waals surface area contributed by atoms with Crippen molar-refractivity contribution in [1.82, 2.24) is 15.5 Å². The summed E-state index contributed by atoms with van der Waals surface area (Å²) in [6.07, 6.45) is 15.5. The van der Waals surface area contributed by atoms with E-state index in [0.29, 0.717) is 29.6 Å². The Bertz CT molecular complexity index is 1580. The van der Waals surface area contributed by atoms with Gasteiger partial charge in [0.25, 0.3) is 0 Å². The van der Waals surface area contributed by atoms with Gasteiger partial charge in [-0.15, -0.1) is 0 Å². The number of benzene rings is 1. The Labute approximate surface area is 310 Å². The molecule has 6 aliphatic carbocycles. The summed E-state index contributed by atoms with van der Waals surface area (Å²) in [6, 6.07) is 8.48. The highest BCUT2D eigenvalue weighted by Crippen LogP contribution is 2.76. The second kappa shape index (κ2) is 12.6. The molecule has 280 valence electrons. The third-order valence-corrected chi connectivity index (χ3v) is 17.3. The maximum atomic E-state index is 14.0. The second-order valence-corrected chi connectivity index (χ2v) is 19.8. The number of allylic oxidation sites excluding steroid dienone is 3. The highest BCUT2D eigenvalue weighted by molar-refractivity contribution is 5.94. The number of hydrogen-bond acceptors (Lipinski definition) is 3. The van der Waals surface area contributed by atoms with Crippen LogP contribution >= 0.6 is 0 Å². The molecule has 2 amide bonds. The van der Waals surface area contributed by atoms with Crippen molar-refractivity contribution in [3.8, 4) is 0 Å². The summed E-state index contributed by atoms with van der Waals surface area (Å²) < 4.78 is 0. The number of nitrogens with one attached hydrogen (secondary N) is 2. The number of hydrogen-bond donors (Lipinski definition) is 2. The zero-order valence-corrected chi connectivity index (χ0v) is 33.6. The SMILES string of the molecule is C=C(C)C1CCC2(NC(=O)NC3(CN(CC)CC)CC3)CCC3(C)C(CCC4C5(C)CC=C(c6ccc(C(C)=O)cc6)C(C)(C)C5CCC43C)C12. The molecule has 5 fully saturated rings. The van der Waals surface area contributed by atoms with E-state index in [1.807, 2.05) is 12.1 Å². The molecule has 9 atom stereocenters. The zero-order valence-electron chi connectivity index (χ0n) is 33.6. The maximum Gasteiger partial charge on any atom is 0.315 e. The monoisotopic (exact) mass is 696 g/mol. The van der Waals surface area contributed by atoms with Gasteiger partial charge < -0.3 is 15.5 Å². The van der Waals surface area contributed by atoms with Crippen molar-refractivity contribution in [2.24, 2.45) is 51.2 Å². The van der Waals surface area contributed by atoms with Gasteiger partial charge in [0.15, 0.2) is 5.78 Å². The fourth-order valence-corrected chi connectivity index (χ4v) is 14.2. The molecule has 2 N–H and O–H groups in total. The van der Waals surface area contributed by atoms with Crippen LogP contribution in [0.1, 0.15) is 149 Å². The summed E-state index contributed by atoms with van der Waals surface area (Å²) in [5.41, 5.74) is 5.44. The van der Waals surface area contributed by atoms with E-state index in [0.717, 1.165) is 63.7 Å². The second-order valence-electron chi connectivity index (χ2n) is 19.8. The number of rotatable bonds is 9. The first-order chi connectivity index (χ1) is 24.0. The summed E-state index contributed by atoms with van der Waals surface area (Å²) in [6.45, 7) is 29.0. The molecule has 1 aromatic carbocycles. The van der Waals surface area contributed by atoms with Crippen molar-refractivity contribution in [2.75, 3.05) is 19.6 Å². The van der Waals surface area contributed by atoms with Crippen LogP contribution in [-0.2, 0) is 0 Å². The Morgan fingerprint density at radius 1 is 0.804 bits per heavy atom. The third-order valence-electron chi connectivity index (χ3n) is 17.3. The number of amides is 2. The summed E-state index contributed by atoms with van der Waals surface area (Å²) in [7, 11) is 0. The minimum Gasteiger partial charge on any atom is -0.332 e. The van der Waals surface area contributed by atoms with Gasteiger partial charge >= 0.3 is 6.03 Å². The smallest absolute Gasteiger partial charge is 0.315 e. The van der Waals surface area contributed by atoms with Crippen LogP contribution < -0.4 is 10.6 Å². The van der Waals surface area contributed by atoms with Gasteiger partial charge in [-0.2, -0.15) is 0 Å². The first-order valence-corrected chi connectivity index (χ1v) is 20.8. The molecule has 0 heterocycles. The highest BCUT2D eigenvalue weighted by Gasteiger charge is 2.70. The third kappa shape index (κ3) is 5.63. The lowest BCUT2D eigenvalue weighted by Gasteiger charge is -2.72. The van der Waals surface area contributed by atoms with Crippen molar-refractivity contribution >= 4 is 17.4 Å². The fraction of sp³-hybridized carbons (Fsp3) is 0.739. The van der Waals surface area contributed by atoms with E-state index >= 15 is 0 Å². The number of fused-ring (bicyclic) bond motifs is 7. The van der Waals surface area contributed by atoms with E-state index in [4.69, 9.17) is 0 Å². The van der Waals surface area contributed by atoms with Crippen molar-refractivity contribution in [2.45, 2.75) is 144 Å². The van der Waals surface area contributed by atoms with Gasteiger partial charge in [0.1, 0.15) is 0 Å². The van der Waals surface area contributed by atoms with Crippen LogP contribution in [0.2, 0.25) is 0 Å². The molecule has 0 bridgehead atoms. The molecule has 6 aliphatic rings. The van der Waals surface area contributed by atoms with Crippen molar-refractivity contribution < 1.29 is 9.59 Å². The number of carbonyl (C=O) groups is 2. The first kappa shape index (κ1) is 36.9. The predicted molar refractivity (Wildman–Crippen MR) is 210 cm³/mol. The summed E-state index contributed by atoms with van der Waals surface area (Å²) in [5.74, 6) is 2.93. The first-order valence-electron chi connectivity index (χ1n) is 20.8. The number of likely N-dealkylation sites (N-methyl/N-ethyl adjacent to an activating group) is 1.